The molecule has 0 radical (unpaired) electrons. The smallest absolute Gasteiger partial charge is 0.230 e. The van der Waals surface area contributed by atoms with E-state index in [9.17, 15) is 4.79 Å². The van der Waals surface area contributed by atoms with Crippen molar-refractivity contribution < 1.29 is 4.79 Å². The topological polar surface area (TPSA) is 66.9 Å². The fourth-order valence-corrected chi connectivity index (χ4v) is 5.39. The Morgan fingerprint density at radius 1 is 0.920 bits per heavy atom. The van der Waals surface area contributed by atoms with Crippen molar-refractivity contribution in [3.05, 3.63) is 0 Å². The van der Waals surface area contributed by atoms with Crippen molar-refractivity contribution in [3.8, 4) is 0 Å². The Morgan fingerprint density at radius 3 is 2.24 bits per heavy atom. The molecule has 5 nitrogen and oxygen atoms in total. The fraction of sp³-hybridized carbons (Fsp3) is 0.833. The molecular weight excluding hydrogens is 352 g/mol. The summed E-state index contributed by atoms with van der Waals surface area (Å²) < 4.78 is 0.881. The minimum Gasteiger partial charge on any atom is -0.357 e. The quantitative estimate of drug-likeness (QED) is 0.704. The van der Waals surface area contributed by atoms with Crippen LogP contribution in [0.4, 0.5) is 5.13 Å². The summed E-state index contributed by atoms with van der Waals surface area (Å²) in [5.41, 5.74) is 0. The van der Waals surface area contributed by atoms with Gasteiger partial charge in [0.05, 0.1) is 5.75 Å². The Kier molecular flexibility index (Phi) is 7.85. The highest BCUT2D eigenvalue weighted by molar-refractivity contribution is 8.01. The monoisotopic (exact) mass is 382 g/mol. The van der Waals surface area contributed by atoms with E-state index in [4.69, 9.17) is 0 Å². The molecule has 0 aromatic carbocycles. The highest BCUT2D eigenvalue weighted by atomic mass is 32.2. The first-order valence-electron chi connectivity index (χ1n) is 9.82. The first-order chi connectivity index (χ1) is 12.3. The van der Waals surface area contributed by atoms with Gasteiger partial charge in [-0.1, -0.05) is 74.5 Å². The van der Waals surface area contributed by atoms with Gasteiger partial charge in [0.25, 0.3) is 0 Å². The lowest BCUT2D eigenvalue weighted by molar-refractivity contribution is -0.119. The second kappa shape index (κ2) is 10.4. The molecule has 3 rings (SSSR count). The molecule has 1 aromatic rings. The Labute approximate surface area is 159 Å². The van der Waals surface area contributed by atoms with Gasteiger partial charge >= 0.3 is 0 Å². The van der Waals surface area contributed by atoms with Crippen LogP contribution in [0.3, 0.4) is 0 Å². The summed E-state index contributed by atoms with van der Waals surface area (Å²) in [5.74, 6) is 0.571. The van der Waals surface area contributed by atoms with Gasteiger partial charge in [0, 0.05) is 12.1 Å². The Hall–Kier alpha value is -0.820. The molecule has 0 aliphatic heterocycles. The van der Waals surface area contributed by atoms with Crippen molar-refractivity contribution in [3.63, 3.8) is 0 Å². The highest BCUT2D eigenvalue weighted by Gasteiger charge is 2.17. The van der Waals surface area contributed by atoms with E-state index < -0.39 is 0 Å². The molecule has 2 aliphatic rings. The lowest BCUT2D eigenvalue weighted by Crippen LogP contribution is -2.36. The number of aromatic nitrogens is 2. The first-order valence-corrected chi connectivity index (χ1v) is 11.6. The third kappa shape index (κ3) is 6.77. The molecular formula is C18H30N4OS2. The van der Waals surface area contributed by atoms with Crippen molar-refractivity contribution >= 4 is 34.1 Å². The van der Waals surface area contributed by atoms with Gasteiger partial charge in [0.15, 0.2) is 4.34 Å². The van der Waals surface area contributed by atoms with Crippen LogP contribution >= 0.6 is 23.1 Å². The summed E-state index contributed by atoms with van der Waals surface area (Å²) in [6.45, 7) is 0. The maximum absolute atomic E-state index is 12.2. The number of amides is 1. The van der Waals surface area contributed by atoms with Crippen molar-refractivity contribution in [1.82, 2.24) is 15.5 Å². The molecule has 0 bridgehead atoms. The summed E-state index contributed by atoms with van der Waals surface area (Å²) in [6.07, 6.45) is 15.1. The summed E-state index contributed by atoms with van der Waals surface area (Å²) in [7, 11) is 0. The van der Waals surface area contributed by atoms with Crippen molar-refractivity contribution in [2.75, 3.05) is 11.1 Å². The Morgan fingerprint density at radius 2 is 1.52 bits per heavy atom. The maximum Gasteiger partial charge on any atom is 0.230 e. The normalized spacial score (nSPS) is 20.6. The van der Waals surface area contributed by atoms with Gasteiger partial charge < -0.3 is 10.6 Å². The van der Waals surface area contributed by atoms with Crippen molar-refractivity contribution in [2.24, 2.45) is 0 Å². The minimum atomic E-state index is 0.132. The molecule has 0 atom stereocenters. The van der Waals surface area contributed by atoms with Gasteiger partial charge in [-0.3, -0.25) is 4.79 Å². The summed E-state index contributed by atoms with van der Waals surface area (Å²) in [5, 5.41) is 16.1. The summed E-state index contributed by atoms with van der Waals surface area (Å²) in [6, 6.07) is 0.911. The van der Waals surface area contributed by atoms with E-state index in [2.05, 4.69) is 20.8 Å². The van der Waals surface area contributed by atoms with Crippen LogP contribution in [0.15, 0.2) is 4.34 Å². The van der Waals surface area contributed by atoms with Crippen LogP contribution in [0.25, 0.3) is 0 Å². The predicted molar refractivity (Wildman–Crippen MR) is 105 cm³/mol. The van der Waals surface area contributed by atoms with Gasteiger partial charge in [-0.2, -0.15) is 0 Å². The highest BCUT2D eigenvalue weighted by Crippen LogP contribution is 2.28. The number of hydrogen-bond donors (Lipinski definition) is 2. The molecule has 1 aromatic heterocycles. The second-order valence-corrected chi connectivity index (χ2v) is 9.45. The van der Waals surface area contributed by atoms with Gasteiger partial charge in [0.2, 0.25) is 11.0 Å². The third-order valence-corrected chi connectivity index (χ3v) is 7.12. The number of carbonyl (C=O) groups excluding carboxylic acids is 1. The molecule has 0 unspecified atom stereocenters. The predicted octanol–water partition coefficient (Wildman–Crippen LogP) is 4.60. The maximum atomic E-state index is 12.2. The van der Waals surface area contributed by atoms with Crippen LogP contribution in [0.2, 0.25) is 0 Å². The fourth-order valence-electron chi connectivity index (χ4n) is 3.75. The summed E-state index contributed by atoms with van der Waals surface area (Å²) in [4.78, 5) is 12.2. The molecule has 2 saturated carbocycles. The number of anilines is 1. The van der Waals surface area contributed by atoms with E-state index in [1.165, 1.54) is 76.0 Å². The van der Waals surface area contributed by atoms with Crippen LogP contribution in [-0.4, -0.2) is 33.9 Å². The number of rotatable bonds is 6. The molecule has 2 aliphatic carbocycles. The summed E-state index contributed by atoms with van der Waals surface area (Å²) >= 11 is 3.07. The van der Waals surface area contributed by atoms with E-state index in [0.717, 1.165) is 22.3 Å². The SMILES string of the molecule is O=C(CSc1nnc(NC2CCCCC2)s1)NC1CCCCCCC1. The van der Waals surface area contributed by atoms with Crippen LogP contribution < -0.4 is 10.6 Å². The van der Waals surface area contributed by atoms with E-state index in [1.54, 1.807) is 11.3 Å². The van der Waals surface area contributed by atoms with Crippen LogP contribution in [-0.2, 0) is 4.79 Å². The minimum absolute atomic E-state index is 0.132. The third-order valence-electron chi connectivity index (χ3n) is 5.14. The number of nitrogens with one attached hydrogen (secondary N) is 2. The van der Waals surface area contributed by atoms with Gasteiger partial charge in [0.1, 0.15) is 0 Å². The molecule has 2 fully saturated rings. The van der Waals surface area contributed by atoms with Gasteiger partial charge in [-0.25, -0.2) is 0 Å². The molecule has 140 valence electrons. The number of nitrogens with zero attached hydrogens (tertiary/aromatic N) is 2. The average molecular weight is 383 g/mol. The number of carbonyl (C=O) groups is 1. The van der Waals surface area contributed by atoms with E-state index in [0.29, 0.717) is 17.8 Å². The van der Waals surface area contributed by atoms with Crippen LogP contribution in [0, 0.1) is 0 Å². The lowest BCUT2D eigenvalue weighted by atomic mass is 9.96. The van der Waals surface area contributed by atoms with Crippen LogP contribution in [0.1, 0.15) is 77.0 Å². The second-order valence-electron chi connectivity index (χ2n) is 7.25. The number of thioether (sulfide) groups is 1. The molecule has 1 amide bonds. The molecule has 2 N–H and O–H groups in total. The van der Waals surface area contributed by atoms with Gasteiger partial charge in [-0.05, 0) is 25.7 Å². The lowest BCUT2D eigenvalue weighted by Gasteiger charge is -2.21. The molecule has 0 spiro atoms. The molecule has 25 heavy (non-hydrogen) atoms. The number of hydrogen-bond acceptors (Lipinski definition) is 6. The standard InChI is InChI=1S/C18H30N4OS2/c23-16(19-14-9-5-2-1-3-6-10-14)13-24-18-22-21-17(25-18)20-15-11-7-4-8-12-15/h14-15H,1-13H2,(H,19,23)(H,20,21). The van der Waals surface area contributed by atoms with Gasteiger partial charge in [-0.15, -0.1) is 10.2 Å². The van der Waals surface area contributed by atoms with E-state index in [1.807, 2.05) is 0 Å². The van der Waals surface area contributed by atoms with Crippen LogP contribution in [0.5, 0.6) is 0 Å². The van der Waals surface area contributed by atoms with E-state index >= 15 is 0 Å². The zero-order chi connectivity index (χ0) is 17.3. The van der Waals surface area contributed by atoms with Crippen molar-refractivity contribution in [2.45, 2.75) is 93.5 Å². The largest absolute Gasteiger partial charge is 0.357 e. The zero-order valence-electron chi connectivity index (χ0n) is 15.0. The molecule has 0 saturated heterocycles. The van der Waals surface area contributed by atoms with E-state index in [-0.39, 0.29) is 5.91 Å². The average Bonchev–Trinajstić information content (AvgIpc) is 3.04. The van der Waals surface area contributed by atoms with Crippen molar-refractivity contribution in [1.29, 1.82) is 0 Å². The zero-order valence-corrected chi connectivity index (χ0v) is 16.6. The first kappa shape index (κ1) is 19.0. The Bertz CT molecular complexity index is 523. The molecule has 1 heterocycles. The Balaban J connectivity index is 1.38. The molecule has 7 heteroatoms.